The predicted molar refractivity (Wildman–Crippen MR) is 139 cm³/mol. The number of rotatable bonds is 5. The van der Waals surface area contributed by atoms with Gasteiger partial charge in [-0.2, -0.15) is 0 Å². The van der Waals surface area contributed by atoms with E-state index in [4.69, 9.17) is 44.3 Å². The summed E-state index contributed by atoms with van der Waals surface area (Å²) in [5.74, 6) is 1.87. The minimum Gasteiger partial charge on any atom is -0.493 e. The third-order valence-corrected chi connectivity index (χ3v) is 7.81. The van der Waals surface area contributed by atoms with Crippen LogP contribution in [0.1, 0.15) is 35.1 Å². The number of fused-ring (bicyclic) bond motifs is 3. The number of hydrogen-bond acceptors (Lipinski definition) is 3. The molecule has 1 aliphatic carbocycles. The molecule has 2 aliphatic rings. The van der Waals surface area contributed by atoms with E-state index >= 15 is 0 Å². The molecule has 0 radical (unpaired) electrons. The van der Waals surface area contributed by atoms with Crippen molar-refractivity contribution >= 4 is 56.4 Å². The van der Waals surface area contributed by atoms with Crippen molar-refractivity contribution in [3.8, 4) is 11.5 Å². The lowest BCUT2D eigenvalue weighted by Gasteiger charge is -2.38. The van der Waals surface area contributed by atoms with Crippen LogP contribution in [0.5, 0.6) is 11.5 Å². The van der Waals surface area contributed by atoms with E-state index < -0.39 is 0 Å². The Hall–Kier alpha value is -1.85. The van der Waals surface area contributed by atoms with Crippen molar-refractivity contribution in [2.45, 2.75) is 25.0 Å². The van der Waals surface area contributed by atoms with Crippen LogP contribution in [0.25, 0.3) is 0 Å². The molecule has 0 fully saturated rings. The zero-order valence-electron chi connectivity index (χ0n) is 17.7. The lowest BCUT2D eigenvalue weighted by molar-refractivity contribution is 0.282. The van der Waals surface area contributed by atoms with Crippen LogP contribution in [0.3, 0.4) is 0 Å². The second-order valence-electron chi connectivity index (χ2n) is 8.24. The molecule has 0 saturated heterocycles. The van der Waals surface area contributed by atoms with Gasteiger partial charge in [0.05, 0.1) is 17.6 Å². The Morgan fingerprint density at radius 2 is 1.88 bits per heavy atom. The van der Waals surface area contributed by atoms with Crippen molar-refractivity contribution in [3.05, 3.63) is 96.9 Å². The standard InChI is InChI=1S/C26H21BrCl3NO2/c1-32-23-10-15(9-19(27)26(23)33-13-14-5-2-3-8-20(14)29)25-18-7-4-6-17(18)24-21(30)11-16(28)12-22(24)31-25/h2-6,8-12,17-18,25,31H,7,13H2,1H3/t17-,18+,25+/m1/s1. The van der Waals surface area contributed by atoms with Crippen molar-refractivity contribution in [1.82, 2.24) is 0 Å². The van der Waals surface area contributed by atoms with Gasteiger partial charge in [-0.05, 0) is 64.2 Å². The van der Waals surface area contributed by atoms with E-state index in [2.05, 4.69) is 39.5 Å². The molecule has 0 saturated carbocycles. The highest BCUT2D eigenvalue weighted by Gasteiger charge is 2.39. The minimum absolute atomic E-state index is 0.0647. The van der Waals surface area contributed by atoms with Crippen molar-refractivity contribution in [3.63, 3.8) is 0 Å². The van der Waals surface area contributed by atoms with E-state index in [0.717, 1.165) is 33.3 Å². The molecule has 3 aromatic carbocycles. The lowest BCUT2D eigenvalue weighted by atomic mass is 9.77. The third kappa shape index (κ3) is 4.35. The largest absolute Gasteiger partial charge is 0.493 e. The number of methoxy groups -OCH3 is 1. The SMILES string of the molecule is COc1cc([C@@H]2Nc3cc(Cl)cc(Cl)c3[C@@H]3C=CC[C@@H]32)cc(Br)c1OCc1ccccc1Cl. The molecule has 5 rings (SSSR count). The zero-order chi connectivity index (χ0) is 23.1. The van der Waals surface area contributed by atoms with Crippen LogP contribution in [0.15, 0.2) is 65.2 Å². The summed E-state index contributed by atoms with van der Waals surface area (Å²) in [5, 5.41) is 5.68. The lowest BCUT2D eigenvalue weighted by Crippen LogP contribution is -2.29. The van der Waals surface area contributed by atoms with Gasteiger partial charge in [-0.15, -0.1) is 0 Å². The van der Waals surface area contributed by atoms with Gasteiger partial charge in [0.25, 0.3) is 0 Å². The fourth-order valence-corrected chi connectivity index (χ4v) is 6.18. The summed E-state index contributed by atoms with van der Waals surface area (Å²) in [6, 6.07) is 15.6. The topological polar surface area (TPSA) is 30.5 Å². The molecule has 1 N–H and O–H groups in total. The molecule has 0 amide bonds. The van der Waals surface area contributed by atoms with Crippen molar-refractivity contribution in [2.75, 3.05) is 12.4 Å². The van der Waals surface area contributed by atoms with Gasteiger partial charge in [0.15, 0.2) is 11.5 Å². The van der Waals surface area contributed by atoms with Crippen LogP contribution < -0.4 is 14.8 Å². The van der Waals surface area contributed by atoms with Gasteiger partial charge in [-0.1, -0.05) is 65.2 Å². The Kier molecular flexibility index (Phi) is 6.54. The maximum absolute atomic E-state index is 6.59. The molecule has 1 aliphatic heterocycles. The number of nitrogens with one attached hydrogen (secondary N) is 1. The van der Waals surface area contributed by atoms with Gasteiger partial charge in [-0.25, -0.2) is 0 Å². The van der Waals surface area contributed by atoms with Gasteiger partial charge >= 0.3 is 0 Å². The van der Waals surface area contributed by atoms with E-state index in [1.165, 1.54) is 0 Å². The first-order valence-corrected chi connectivity index (χ1v) is 12.5. The Morgan fingerprint density at radius 1 is 1.06 bits per heavy atom. The first kappa shape index (κ1) is 22.9. The second-order valence-corrected chi connectivity index (χ2v) is 10.3. The first-order valence-electron chi connectivity index (χ1n) is 10.6. The second kappa shape index (κ2) is 9.42. The van der Waals surface area contributed by atoms with E-state index in [-0.39, 0.29) is 12.0 Å². The molecule has 170 valence electrons. The quantitative estimate of drug-likeness (QED) is 0.314. The Bertz CT molecular complexity index is 1250. The zero-order valence-corrected chi connectivity index (χ0v) is 21.6. The predicted octanol–water partition coefficient (Wildman–Crippen LogP) is 8.82. The average molecular weight is 566 g/mol. The highest BCUT2D eigenvalue weighted by Crippen LogP contribution is 2.53. The molecule has 3 atom stereocenters. The van der Waals surface area contributed by atoms with Crippen LogP contribution in [-0.2, 0) is 6.61 Å². The van der Waals surface area contributed by atoms with Crippen molar-refractivity contribution in [1.29, 1.82) is 0 Å². The van der Waals surface area contributed by atoms with Crippen LogP contribution in [0.4, 0.5) is 5.69 Å². The molecular formula is C26H21BrCl3NO2. The number of ether oxygens (including phenoxy) is 2. The minimum atomic E-state index is 0.0647. The van der Waals surface area contributed by atoms with Crippen LogP contribution in [0, 0.1) is 5.92 Å². The van der Waals surface area contributed by atoms with Gasteiger partial charge in [0, 0.05) is 37.8 Å². The number of benzene rings is 3. The summed E-state index contributed by atoms with van der Waals surface area (Å²) in [4.78, 5) is 0. The summed E-state index contributed by atoms with van der Waals surface area (Å²) in [6.45, 7) is 0.342. The van der Waals surface area contributed by atoms with Crippen LogP contribution >= 0.6 is 50.7 Å². The normalized spacial score (nSPS) is 20.7. The van der Waals surface area contributed by atoms with E-state index in [1.54, 1.807) is 7.11 Å². The Labute approximate surface area is 216 Å². The molecular weight excluding hydrogens is 545 g/mol. The summed E-state index contributed by atoms with van der Waals surface area (Å²) in [7, 11) is 1.65. The van der Waals surface area contributed by atoms with E-state index in [9.17, 15) is 0 Å². The average Bonchev–Trinajstić information content (AvgIpc) is 3.27. The fourth-order valence-electron chi connectivity index (χ4n) is 4.80. The molecule has 1 heterocycles. The maximum Gasteiger partial charge on any atom is 0.175 e. The maximum atomic E-state index is 6.59. The number of allylic oxidation sites excluding steroid dienone is 2. The van der Waals surface area contributed by atoms with E-state index in [1.807, 2.05) is 42.5 Å². The summed E-state index contributed by atoms with van der Waals surface area (Å²) in [6.07, 6.45) is 5.45. The Morgan fingerprint density at radius 3 is 2.67 bits per heavy atom. The highest BCUT2D eigenvalue weighted by atomic mass is 79.9. The molecule has 3 aromatic rings. The molecule has 0 aromatic heterocycles. The van der Waals surface area contributed by atoms with Crippen LogP contribution in [-0.4, -0.2) is 7.11 Å². The number of hydrogen-bond donors (Lipinski definition) is 1. The van der Waals surface area contributed by atoms with Gasteiger partial charge in [0.1, 0.15) is 6.61 Å². The third-order valence-electron chi connectivity index (χ3n) is 6.32. The number of anilines is 1. The molecule has 0 spiro atoms. The molecule has 3 nitrogen and oxygen atoms in total. The summed E-state index contributed by atoms with van der Waals surface area (Å²) >= 11 is 22.9. The van der Waals surface area contributed by atoms with E-state index in [0.29, 0.717) is 39.1 Å². The van der Waals surface area contributed by atoms with Crippen LogP contribution in [0.2, 0.25) is 15.1 Å². The smallest absolute Gasteiger partial charge is 0.175 e. The summed E-state index contributed by atoms with van der Waals surface area (Å²) in [5.41, 5.74) is 4.10. The van der Waals surface area contributed by atoms with Gasteiger partial charge < -0.3 is 14.8 Å². The first-order chi connectivity index (χ1) is 16.0. The Balaban J connectivity index is 1.48. The fraction of sp³-hybridized carbons (Fsp3) is 0.231. The van der Waals surface area contributed by atoms with Gasteiger partial charge in [0.2, 0.25) is 0 Å². The molecule has 0 bridgehead atoms. The van der Waals surface area contributed by atoms with Gasteiger partial charge in [-0.3, -0.25) is 0 Å². The highest BCUT2D eigenvalue weighted by molar-refractivity contribution is 9.10. The van der Waals surface area contributed by atoms with Crippen molar-refractivity contribution < 1.29 is 9.47 Å². The monoisotopic (exact) mass is 563 g/mol. The molecule has 0 unspecified atom stereocenters. The number of halogens is 4. The molecule has 33 heavy (non-hydrogen) atoms. The molecule has 7 heteroatoms. The summed E-state index contributed by atoms with van der Waals surface area (Å²) < 4.78 is 12.7. The van der Waals surface area contributed by atoms with Crippen molar-refractivity contribution in [2.24, 2.45) is 5.92 Å².